The summed E-state index contributed by atoms with van der Waals surface area (Å²) in [6.45, 7) is 1.60. The third-order valence-corrected chi connectivity index (χ3v) is 8.15. The van der Waals surface area contributed by atoms with Gasteiger partial charge in [0.1, 0.15) is 12.6 Å². The lowest BCUT2D eigenvalue weighted by Gasteiger charge is -2.29. The van der Waals surface area contributed by atoms with Crippen molar-refractivity contribution in [1.29, 1.82) is 5.26 Å². The van der Waals surface area contributed by atoms with Crippen molar-refractivity contribution >= 4 is 33.2 Å². The number of aryl methyl sites for hydroxylation is 1. The van der Waals surface area contributed by atoms with Crippen molar-refractivity contribution in [3.63, 3.8) is 0 Å². The standard InChI is InChI=1S/C27H27ClN4O5S/c1-18-5-4-6-21(30-18)16-31(22-8-9-22)27(33)17-32(24-11-7-20(28)13-19(24)15-29)38(34,35)23-10-12-25(36-2)26(14-23)37-3/h4-7,10-14,22H,8-9,16-17H2,1-3H3. The highest BCUT2D eigenvalue weighted by molar-refractivity contribution is 7.92. The number of carbonyl (C=O) groups is 1. The molecule has 1 aromatic heterocycles. The molecule has 1 heterocycles. The van der Waals surface area contributed by atoms with E-state index in [0.29, 0.717) is 11.4 Å². The highest BCUT2D eigenvalue weighted by atomic mass is 35.5. The lowest BCUT2D eigenvalue weighted by molar-refractivity contribution is -0.130. The highest BCUT2D eigenvalue weighted by Crippen LogP contribution is 2.35. The second kappa shape index (κ2) is 11.3. The maximum absolute atomic E-state index is 14.0. The summed E-state index contributed by atoms with van der Waals surface area (Å²) in [6.07, 6.45) is 1.65. The number of nitriles is 1. The molecule has 0 bridgehead atoms. The zero-order valence-corrected chi connectivity index (χ0v) is 22.8. The van der Waals surface area contributed by atoms with Crippen LogP contribution >= 0.6 is 11.6 Å². The molecule has 0 radical (unpaired) electrons. The van der Waals surface area contributed by atoms with Gasteiger partial charge in [0.2, 0.25) is 5.91 Å². The number of rotatable bonds is 10. The van der Waals surface area contributed by atoms with E-state index in [-0.39, 0.29) is 39.5 Å². The fraction of sp³-hybridized carbons (Fsp3) is 0.296. The van der Waals surface area contributed by atoms with Crippen LogP contribution in [0, 0.1) is 18.3 Å². The summed E-state index contributed by atoms with van der Waals surface area (Å²) in [5.41, 5.74) is 1.60. The third-order valence-electron chi connectivity index (χ3n) is 6.16. The van der Waals surface area contributed by atoms with Crippen LogP contribution in [-0.2, 0) is 21.4 Å². The first-order chi connectivity index (χ1) is 18.2. The number of pyridine rings is 1. The Bertz CT molecular complexity index is 1500. The lowest BCUT2D eigenvalue weighted by Crippen LogP contribution is -2.44. The molecule has 0 unspecified atom stereocenters. The van der Waals surface area contributed by atoms with Crippen LogP contribution in [-0.4, -0.2) is 51.0 Å². The van der Waals surface area contributed by atoms with Crippen molar-refractivity contribution in [1.82, 2.24) is 9.88 Å². The van der Waals surface area contributed by atoms with Crippen LogP contribution in [0.4, 0.5) is 5.69 Å². The van der Waals surface area contributed by atoms with E-state index in [2.05, 4.69) is 4.98 Å². The van der Waals surface area contributed by atoms with E-state index in [1.54, 1.807) is 4.90 Å². The fourth-order valence-electron chi connectivity index (χ4n) is 4.10. The summed E-state index contributed by atoms with van der Waals surface area (Å²) >= 11 is 6.08. The Morgan fingerprint density at radius 2 is 1.84 bits per heavy atom. The molecule has 0 N–H and O–H groups in total. The Kier molecular flexibility index (Phi) is 8.09. The molecule has 9 nitrogen and oxygen atoms in total. The van der Waals surface area contributed by atoms with E-state index in [1.807, 2.05) is 31.2 Å². The molecule has 4 rings (SSSR count). The smallest absolute Gasteiger partial charge is 0.264 e. The van der Waals surface area contributed by atoms with Crippen LogP contribution < -0.4 is 13.8 Å². The van der Waals surface area contributed by atoms with Gasteiger partial charge in [-0.15, -0.1) is 0 Å². The van der Waals surface area contributed by atoms with E-state index in [0.717, 1.165) is 22.8 Å². The normalized spacial score (nSPS) is 12.9. The van der Waals surface area contributed by atoms with Gasteiger partial charge in [-0.05, 0) is 62.2 Å². The fourth-order valence-corrected chi connectivity index (χ4v) is 5.72. The minimum absolute atomic E-state index is 0.00361. The molecule has 11 heteroatoms. The number of nitrogens with zero attached hydrogens (tertiary/aromatic N) is 4. The van der Waals surface area contributed by atoms with Gasteiger partial charge >= 0.3 is 0 Å². The number of sulfonamides is 1. The molecule has 0 atom stereocenters. The molecule has 3 aromatic rings. The van der Waals surface area contributed by atoms with Crippen LogP contribution in [0.25, 0.3) is 0 Å². The molecular weight excluding hydrogens is 528 g/mol. The molecule has 0 spiro atoms. The van der Waals surface area contributed by atoms with Crippen LogP contribution in [0.15, 0.2) is 59.5 Å². The average molecular weight is 555 g/mol. The second-order valence-electron chi connectivity index (χ2n) is 8.82. The predicted molar refractivity (Wildman–Crippen MR) is 143 cm³/mol. The number of methoxy groups -OCH3 is 2. The minimum atomic E-state index is -4.33. The van der Waals surface area contributed by atoms with E-state index in [1.165, 1.54) is 50.6 Å². The predicted octanol–water partition coefficient (Wildman–Crippen LogP) is 4.32. The number of ether oxygens (including phenoxy) is 2. The van der Waals surface area contributed by atoms with Crippen molar-refractivity contribution in [2.24, 2.45) is 0 Å². The first kappa shape index (κ1) is 27.2. The van der Waals surface area contributed by atoms with E-state index >= 15 is 0 Å². The van der Waals surface area contributed by atoms with E-state index in [4.69, 9.17) is 21.1 Å². The number of hydrogen-bond donors (Lipinski definition) is 0. The van der Waals surface area contributed by atoms with Gasteiger partial charge in [-0.25, -0.2) is 8.42 Å². The monoisotopic (exact) mass is 554 g/mol. The SMILES string of the molecule is COc1ccc(S(=O)(=O)N(CC(=O)N(Cc2cccc(C)n2)C2CC2)c2ccc(Cl)cc2C#N)cc1OC. The number of halogens is 1. The summed E-state index contributed by atoms with van der Waals surface area (Å²) in [6, 6.07) is 16.0. The summed E-state index contributed by atoms with van der Waals surface area (Å²) in [4.78, 5) is 19.7. The summed E-state index contributed by atoms with van der Waals surface area (Å²) in [5, 5.41) is 10.0. The number of aromatic nitrogens is 1. The van der Waals surface area contributed by atoms with Crippen LogP contribution in [0.5, 0.6) is 11.5 Å². The number of amides is 1. The number of benzene rings is 2. The van der Waals surface area contributed by atoms with Gasteiger partial charge in [0.05, 0.1) is 42.6 Å². The summed E-state index contributed by atoms with van der Waals surface area (Å²) in [7, 11) is -1.49. The second-order valence-corrected chi connectivity index (χ2v) is 11.1. The molecule has 1 amide bonds. The molecule has 1 aliphatic carbocycles. The number of anilines is 1. The van der Waals surface area contributed by atoms with Crippen molar-refractivity contribution in [2.75, 3.05) is 25.1 Å². The minimum Gasteiger partial charge on any atom is -0.493 e. The van der Waals surface area contributed by atoms with Gasteiger partial charge in [0.25, 0.3) is 10.0 Å². The molecule has 38 heavy (non-hydrogen) atoms. The summed E-state index contributed by atoms with van der Waals surface area (Å²) < 4.78 is 39.5. The quantitative estimate of drug-likeness (QED) is 0.367. The van der Waals surface area contributed by atoms with E-state index in [9.17, 15) is 18.5 Å². The molecule has 0 saturated heterocycles. The molecule has 2 aromatic carbocycles. The Balaban J connectivity index is 1.76. The van der Waals surface area contributed by atoms with Crippen molar-refractivity contribution in [3.8, 4) is 17.6 Å². The number of carbonyl (C=O) groups excluding carboxylic acids is 1. The molecule has 198 valence electrons. The molecule has 1 aliphatic rings. The zero-order valence-electron chi connectivity index (χ0n) is 21.2. The highest BCUT2D eigenvalue weighted by Gasteiger charge is 2.37. The summed E-state index contributed by atoms with van der Waals surface area (Å²) in [5.74, 6) is 0.157. The maximum atomic E-state index is 14.0. The first-order valence-electron chi connectivity index (χ1n) is 11.8. The third kappa shape index (κ3) is 5.85. The Morgan fingerprint density at radius 3 is 2.47 bits per heavy atom. The van der Waals surface area contributed by atoms with Gasteiger partial charge in [0, 0.05) is 22.8 Å². The Hall–Kier alpha value is -3.81. The molecule has 1 saturated carbocycles. The average Bonchev–Trinajstić information content (AvgIpc) is 3.75. The number of hydrogen-bond acceptors (Lipinski definition) is 7. The van der Waals surface area contributed by atoms with Crippen molar-refractivity contribution in [2.45, 2.75) is 37.2 Å². The van der Waals surface area contributed by atoms with Crippen LogP contribution in [0.3, 0.4) is 0 Å². The largest absolute Gasteiger partial charge is 0.493 e. The topological polar surface area (TPSA) is 113 Å². The first-order valence-corrected chi connectivity index (χ1v) is 13.7. The Morgan fingerprint density at radius 1 is 1.11 bits per heavy atom. The zero-order chi connectivity index (χ0) is 27.4. The van der Waals surface area contributed by atoms with Gasteiger partial charge in [-0.2, -0.15) is 5.26 Å². The van der Waals surface area contributed by atoms with Crippen molar-refractivity contribution < 1.29 is 22.7 Å². The van der Waals surface area contributed by atoms with Crippen molar-refractivity contribution in [3.05, 3.63) is 76.6 Å². The van der Waals surface area contributed by atoms with Gasteiger partial charge in [-0.1, -0.05) is 17.7 Å². The van der Waals surface area contributed by atoms with Crippen LogP contribution in [0.1, 0.15) is 29.8 Å². The van der Waals surface area contributed by atoms with Gasteiger partial charge in [0.15, 0.2) is 11.5 Å². The van der Waals surface area contributed by atoms with Crippen LogP contribution in [0.2, 0.25) is 5.02 Å². The molecular formula is C27H27ClN4O5S. The molecule has 0 aliphatic heterocycles. The molecule has 1 fully saturated rings. The maximum Gasteiger partial charge on any atom is 0.264 e. The lowest BCUT2D eigenvalue weighted by atomic mass is 10.2. The van der Waals surface area contributed by atoms with Gasteiger partial charge in [-0.3, -0.25) is 14.1 Å². The van der Waals surface area contributed by atoms with Gasteiger partial charge < -0.3 is 14.4 Å². The Labute approximate surface area is 227 Å². The van der Waals surface area contributed by atoms with E-state index < -0.39 is 22.5 Å².